The van der Waals surface area contributed by atoms with Crippen molar-refractivity contribution >= 4 is 0 Å². The van der Waals surface area contributed by atoms with Gasteiger partial charge in [-0.25, -0.2) is 0 Å². The maximum Gasteiger partial charge on any atom is 0.203 e. The predicted octanol–water partition coefficient (Wildman–Crippen LogP) is 3.51. The lowest BCUT2D eigenvalue weighted by Crippen LogP contribution is -2.47. The van der Waals surface area contributed by atoms with Crippen molar-refractivity contribution in [2.75, 3.05) is 60.6 Å². The molecule has 0 amide bonds. The maximum absolute atomic E-state index is 5.47. The van der Waals surface area contributed by atoms with Crippen molar-refractivity contribution in [1.29, 1.82) is 0 Å². The van der Waals surface area contributed by atoms with E-state index in [9.17, 15) is 0 Å². The van der Waals surface area contributed by atoms with Crippen molar-refractivity contribution < 1.29 is 14.2 Å². The minimum absolute atomic E-state index is 0.655. The average Bonchev–Trinajstić information content (AvgIpc) is 2.78. The van der Waals surface area contributed by atoms with Crippen LogP contribution in [0.1, 0.15) is 17.5 Å². The van der Waals surface area contributed by atoms with Gasteiger partial charge in [0.05, 0.1) is 21.3 Å². The molecule has 1 saturated heterocycles. The van der Waals surface area contributed by atoms with E-state index in [1.54, 1.807) is 21.3 Å². The normalized spacial score (nSPS) is 15.3. The zero-order chi connectivity index (χ0) is 20.5. The quantitative estimate of drug-likeness (QED) is 0.612. The first kappa shape index (κ1) is 21.5. The number of aryl methyl sites for hydroxylation is 1. The molecule has 1 aliphatic heterocycles. The second-order valence-electron chi connectivity index (χ2n) is 7.56. The molecule has 0 unspecified atom stereocenters. The van der Waals surface area contributed by atoms with Crippen molar-refractivity contribution in [3.63, 3.8) is 0 Å². The summed E-state index contributed by atoms with van der Waals surface area (Å²) in [5.41, 5.74) is 2.65. The van der Waals surface area contributed by atoms with Gasteiger partial charge in [0.1, 0.15) is 0 Å². The fraction of sp³-hybridized carbons (Fsp3) is 0.500. The Morgan fingerprint density at radius 2 is 1.28 bits per heavy atom. The molecule has 0 N–H and O–H groups in total. The molecule has 0 aliphatic carbocycles. The summed E-state index contributed by atoms with van der Waals surface area (Å²) in [4.78, 5) is 5.15. The van der Waals surface area contributed by atoms with E-state index in [2.05, 4.69) is 52.3 Å². The summed E-state index contributed by atoms with van der Waals surface area (Å²) >= 11 is 0. The van der Waals surface area contributed by atoms with Gasteiger partial charge in [0.2, 0.25) is 5.75 Å². The Kier molecular flexibility index (Phi) is 8.20. The molecule has 0 atom stereocenters. The fourth-order valence-corrected chi connectivity index (χ4v) is 3.95. The second-order valence-corrected chi connectivity index (χ2v) is 7.56. The van der Waals surface area contributed by atoms with Gasteiger partial charge in [0.15, 0.2) is 11.5 Å². The van der Waals surface area contributed by atoms with Crippen molar-refractivity contribution in [3.8, 4) is 17.2 Å². The van der Waals surface area contributed by atoms with Crippen LogP contribution in [0.4, 0.5) is 0 Å². The Labute approximate surface area is 175 Å². The van der Waals surface area contributed by atoms with Gasteiger partial charge in [0.25, 0.3) is 0 Å². The molecule has 2 aromatic rings. The minimum Gasteiger partial charge on any atom is -0.493 e. The number of hydrogen-bond donors (Lipinski definition) is 0. The molecule has 1 heterocycles. The van der Waals surface area contributed by atoms with E-state index in [-0.39, 0.29) is 0 Å². The number of benzene rings is 2. The monoisotopic (exact) mass is 398 g/mol. The van der Waals surface area contributed by atoms with Crippen LogP contribution in [0.15, 0.2) is 42.5 Å². The van der Waals surface area contributed by atoms with Crippen LogP contribution in [0.25, 0.3) is 0 Å². The first-order valence-electron chi connectivity index (χ1n) is 10.5. The van der Waals surface area contributed by atoms with Crippen molar-refractivity contribution in [2.24, 2.45) is 0 Å². The molecule has 0 saturated carbocycles. The van der Waals surface area contributed by atoms with Crippen LogP contribution >= 0.6 is 0 Å². The van der Waals surface area contributed by atoms with E-state index in [1.807, 2.05) is 0 Å². The highest BCUT2D eigenvalue weighted by molar-refractivity contribution is 5.53. The van der Waals surface area contributed by atoms with Crippen molar-refractivity contribution in [1.82, 2.24) is 9.80 Å². The number of methoxy groups -OCH3 is 3. The Morgan fingerprint density at radius 3 is 1.83 bits per heavy atom. The number of nitrogens with zero attached hydrogens (tertiary/aromatic N) is 2. The molecular weight excluding hydrogens is 364 g/mol. The van der Waals surface area contributed by atoms with Gasteiger partial charge in [-0.1, -0.05) is 30.3 Å². The largest absolute Gasteiger partial charge is 0.493 e. The summed E-state index contributed by atoms with van der Waals surface area (Å²) in [5, 5.41) is 0. The van der Waals surface area contributed by atoms with Gasteiger partial charge in [0, 0.05) is 32.7 Å². The second kappa shape index (κ2) is 11.1. The predicted molar refractivity (Wildman–Crippen MR) is 117 cm³/mol. The summed E-state index contributed by atoms with van der Waals surface area (Å²) in [6.45, 7) is 6.83. The molecule has 1 aliphatic rings. The van der Waals surface area contributed by atoms with Gasteiger partial charge in [-0.2, -0.15) is 0 Å². The summed E-state index contributed by atoms with van der Waals surface area (Å²) in [7, 11) is 4.97. The lowest BCUT2D eigenvalue weighted by atomic mass is 10.1. The van der Waals surface area contributed by atoms with Crippen molar-refractivity contribution in [2.45, 2.75) is 19.3 Å². The van der Waals surface area contributed by atoms with E-state index in [1.165, 1.54) is 30.5 Å². The van der Waals surface area contributed by atoms with E-state index in [4.69, 9.17) is 14.2 Å². The zero-order valence-corrected chi connectivity index (χ0v) is 18.0. The molecule has 2 aromatic carbocycles. The first-order chi connectivity index (χ1) is 14.2. The molecule has 0 aromatic heterocycles. The van der Waals surface area contributed by atoms with Crippen LogP contribution in [0, 0.1) is 0 Å². The maximum atomic E-state index is 5.47. The minimum atomic E-state index is 0.655. The van der Waals surface area contributed by atoms with Crippen LogP contribution in [0.3, 0.4) is 0 Å². The van der Waals surface area contributed by atoms with Crippen LogP contribution in [0.2, 0.25) is 0 Å². The average molecular weight is 399 g/mol. The van der Waals surface area contributed by atoms with E-state index in [0.717, 1.165) is 50.6 Å². The number of rotatable bonds is 10. The zero-order valence-electron chi connectivity index (χ0n) is 18.0. The third-order valence-electron chi connectivity index (χ3n) is 5.69. The van der Waals surface area contributed by atoms with Crippen LogP contribution in [0.5, 0.6) is 17.2 Å². The topological polar surface area (TPSA) is 34.2 Å². The van der Waals surface area contributed by atoms with Gasteiger partial charge in [-0.3, -0.25) is 0 Å². The highest BCUT2D eigenvalue weighted by atomic mass is 16.5. The van der Waals surface area contributed by atoms with E-state index < -0.39 is 0 Å². The smallest absolute Gasteiger partial charge is 0.203 e. The molecule has 0 bridgehead atoms. The summed E-state index contributed by atoms with van der Waals surface area (Å²) in [6.07, 6.45) is 3.38. The van der Waals surface area contributed by atoms with Gasteiger partial charge in [-0.15, -0.1) is 0 Å². The van der Waals surface area contributed by atoms with Crippen LogP contribution in [-0.2, 0) is 12.8 Å². The number of hydrogen-bond acceptors (Lipinski definition) is 5. The summed E-state index contributed by atoms with van der Waals surface area (Å²) in [5.74, 6) is 2.11. The van der Waals surface area contributed by atoms with Gasteiger partial charge in [-0.05, 0) is 49.1 Å². The van der Waals surface area contributed by atoms with Crippen molar-refractivity contribution in [3.05, 3.63) is 53.6 Å². The molecule has 29 heavy (non-hydrogen) atoms. The molecule has 3 rings (SSSR count). The van der Waals surface area contributed by atoms with Crippen LogP contribution in [-0.4, -0.2) is 70.4 Å². The summed E-state index contributed by atoms with van der Waals surface area (Å²) in [6, 6.07) is 14.9. The number of ether oxygens (including phenoxy) is 3. The Balaban J connectivity index is 1.42. The third-order valence-corrected chi connectivity index (χ3v) is 5.69. The SMILES string of the molecule is COc1cc(CCN2CCN(CCCc3ccccc3)CC2)cc(OC)c1OC. The third kappa shape index (κ3) is 6.12. The first-order valence-corrected chi connectivity index (χ1v) is 10.5. The standard InChI is InChI=1S/C24H34N2O3/c1-27-22-18-21(19-23(28-2)24(22)29-3)11-13-26-16-14-25(15-17-26)12-7-10-20-8-5-4-6-9-20/h4-6,8-9,18-19H,7,10-17H2,1-3H3. The summed E-state index contributed by atoms with van der Waals surface area (Å²) < 4.78 is 16.4. The molecule has 1 fully saturated rings. The number of piperazine rings is 1. The Morgan fingerprint density at radius 1 is 0.690 bits per heavy atom. The Bertz CT molecular complexity index is 718. The van der Waals surface area contributed by atoms with E-state index in [0.29, 0.717) is 5.75 Å². The molecule has 5 nitrogen and oxygen atoms in total. The van der Waals surface area contributed by atoms with Gasteiger partial charge >= 0.3 is 0 Å². The lowest BCUT2D eigenvalue weighted by Gasteiger charge is -2.34. The van der Waals surface area contributed by atoms with E-state index >= 15 is 0 Å². The lowest BCUT2D eigenvalue weighted by molar-refractivity contribution is 0.132. The van der Waals surface area contributed by atoms with Gasteiger partial charge < -0.3 is 24.0 Å². The molecule has 0 radical (unpaired) electrons. The molecular formula is C24H34N2O3. The highest BCUT2D eigenvalue weighted by Gasteiger charge is 2.18. The molecule has 5 heteroatoms. The molecule has 0 spiro atoms. The Hall–Kier alpha value is -2.24. The van der Waals surface area contributed by atoms with Crippen LogP contribution < -0.4 is 14.2 Å². The molecule has 158 valence electrons. The highest BCUT2D eigenvalue weighted by Crippen LogP contribution is 2.38. The fourth-order valence-electron chi connectivity index (χ4n) is 3.95.